The van der Waals surface area contributed by atoms with E-state index < -0.39 is 5.91 Å². The summed E-state index contributed by atoms with van der Waals surface area (Å²) in [6, 6.07) is 19.6. The van der Waals surface area contributed by atoms with Gasteiger partial charge in [0.2, 0.25) is 11.8 Å². The van der Waals surface area contributed by atoms with Gasteiger partial charge in [-0.05, 0) is 61.2 Å². The SMILES string of the molecule is C=CC(=O)N1CCC(c2ccc(C(N)=O)c(Oc3ccc(Cc4ccc(C)cc4)cc3)n2)C1. The lowest BCUT2D eigenvalue weighted by atomic mass is 10.0. The number of ether oxygens (including phenoxy) is 1. The number of aromatic nitrogens is 1. The lowest BCUT2D eigenvalue weighted by molar-refractivity contribution is -0.125. The number of likely N-dealkylation sites (tertiary alicyclic amines) is 1. The van der Waals surface area contributed by atoms with Crippen LogP contribution in [-0.2, 0) is 11.2 Å². The van der Waals surface area contributed by atoms with E-state index in [4.69, 9.17) is 10.5 Å². The van der Waals surface area contributed by atoms with Gasteiger partial charge in [0, 0.05) is 24.7 Å². The maximum Gasteiger partial charge on any atom is 0.254 e. The van der Waals surface area contributed by atoms with E-state index in [1.54, 1.807) is 17.0 Å². The first-order valence-electron chi connectivity index (χ1n) is 11.0. The average molecular weight is 442 g/mol. The van der Waals surface area contributed by atoms with E-state index in [0.717, 1.165) is 24.1 Å². The summed E-state index contributed by atoms with van der Waals surface area (Å²) < 4.78 is 5.98. The molecule has 6 heteroatoms. The van der Waals surface area contributed by atoms with Crippen LogP contribution in [0.15, 0.2) is 73.3 Å². The molecule has 4 rings (SSSR count). The summed E-state index contributed by atoms with van der Waals surface area (Å²) in [6.45, 7) is 6.82. The molecule has 2 aromatic carbocycles. The normalized spacial score (nSPS) is 15.3. The van der Waals surface area contributed by atoms with Gasteiger partial charge < -0.3 is 15.4 Å². The van der Waals surface area contributed by atoms with Crippen molar-refractivity contribution in [3.05, 3.63) is 101 Å². The molecule has 1 fully saturated rings. The number of carbonyl (C=O) groups excluding carboxylic acids is 2. The van der Waals surface area contributed by atoms with Gasteiger partial charge in [-0.2, -0.15) is 0 Å². The molecule has 1 aliphatic heterocycles. The van der Waals surface area contributed by atoms with Gasteiger partial charge in [-0.1, -0.05) is 48.5 Å². The van der Waals surface area contributed by atoms with Crippen LogP contribution in [-0.4, -0.2) is 34.8 Å². The molecule has 1 unspecified atom stereocenters. The molecule has 2 N–H and O–H groups in total. The molecule has 0 aliphatic carbocycles. The standard InChI is InChI=1S/C27H27N3O3/c1-3-25(31)30-15-14-21(17-30)24-13-12-23(26(28)32)27(29-24)33-22-10-8-20(9-11-22)16-19-6-4-18(2)5-7-19/h3-13,21H,1,14-17H2,2H3,(H2,28,32). The maximum atomic E-state index is 11.9. The molecule has 1 aliphatic rings. The van der Waals surface area contributed by atoms with Crippen molar-refractivity contribution in [1.29, 1.82) is 0 Å². The van der Waals surface area contributed by atoms with E-state index in [1.807, 2.05) is 24.3 Å². The van der Waals surface area contributed by atoms with E-state index in [0.29, 0.717) is 18.8 Å². The van der Waals surface area contributed by atoms with Crippen LogP contribution in [0.2, 0.25) is 0 Å². The number of rotatable bonds is 7. The first kappa shape index (κ1) is 22.3. The number of aryl methyl sites for hydroxylation is 1. The summed E-state index contributed by atoms with van der Waals surface area (Å²) in [7, 11) is 0. The molecule has 2 amide bonds. The number of amides is 2. The average Bonchev–Trinajstić information content (AvgIpc) is 3.31. The van der Waals surface area contributed by atoms with Crippen LogP contribution in [0.1, 0.15) is 45.1 Å². The van der Waals surface area contributed by atoms with Crippen molar-refractivity contribution in [1.82, 2.24) is 9.88 Å². The zero-order valence-electron chi connectivity index (χ0n) is 18.7. The molecule has 3 aromatic rings. The number of nitrogens with two attached hydrogens (primary N) is 1. The minimum absolute atomic E-state index is 0.0649. The van der Waals surface area contributed by atoms with Crippen LogP contribution in [0.3, 0.4) is 0 Å². The second kappa shape index (κ2) is 9.69. The number of pyridine rings is 1. The van der Waals surface area contributed by atoms with Crippen molar-refractivity contribution in [2.24, 2.45) is 5.73 Å². The third kappa shape index (κ3) is 5.29. The van der Waals surface area contributed by atoms with E-state index >= 15 is 0 Å². The van der Waals surface area contributed by atoms with Crippen LogP contribution >= 0.6 is 0 Å². The fourth-order valence-corrected chi connectivity index (χ4v) is 4.01. The summed E-state index contributed by atoms with van der Waals surface area (Å²) in [4.78, 5) is 30.2. The first-order valence-corrected chi connectivity index (χ1v) is 11.0. The molecule has 1 saturated heterocycles. The Balaban J connectivity index is 1.51. The number of nitrogens with zero attached hydrogens (tertiary/aromatic N) is 2. The van der Waals surface area contributed by atoms with Crippen LogP contribution in [0.4, 0.5) is 0 Å². The molecule has 1 aromatic heterocycles. The Labute approximate surface area is 193 Å². The predicted molar refractivity (Wildman–Crippen MR) is 127 cm³/mol. The van der Waals surface area contributed by atoms with Gasteiger partial charge >= 0.3 is 0 Å². The van der Waals surface area contributed by atoms with Gasteiger partial charge in [0.05, 0.1) is 0 Å². The fourth-order valence-electron chi connectivity index (χ4n) is 4.01. The lowest BCUT2D eigenvalue weighted by Gasteiger charge is -2.15. The third-order valence-corrected chi connectivity index (χ3v) is 5.91. The van der Waals surface area contributed by atoms with Gasteiger partial charge in [-0.15, -0.1) is 0 Å². The number of benzene rings is 2. The minimum Gasteiger partial charge on any atom is -0.438 e. The number of carbonyl (C=O) groups is 2. The highest BCUT2D eigenvalue weighted by Crippen LogP contribution is 2.30. The van der Waals surface area contributed by atoms with Crippen molar-refractivity contribution < 1.29 is 14.3 Å². The third-order valence-electron chi connectivity index (χ3n) is 5.91. The van der Waals surface area contributed by atoms with Gasteiger partial charge in [0.15, 0.2) is 0 Å². The summed E-state index contributed by atoms with van der Waals surface area (Å²) in [5.41, 5.74) is 10.2. The molecular formula is C27H27N3O3. The van der Waals surface area contributed by atoms with Crippen molar-refractivity contribution >= 4 is 11.8 Å². The van der Waals surface area contributed by atoms with Crippen molar-refractivity contribution in [2.75, 3.05) is 13.1 Å². The molecule has 1 atom stereocenters. The van der Waals surface area contributed by atoms with E-state index in [-0.39, 0.29) is 23.3 Å². The van der Waals surface area contributed by atoms with Gasteiger partial charge in [0.25, 0.3) is 5.91 Å². The highest BCUT2D eigenvalue weighted by atomic mass is 16.5. The first-order chi connectivity index (χ1) is 15.9. The van der Waals surface area contributed by atoms with Gasteiger partial charge in [-0.25, -0.2) is 4.98 Å². The highest BCUT2D eigenvalue weighted by molar-refractivity contribution is 5.95. The number of hydrogen-bond acceptors (Lipinski definition) is 4. The molecule has 0 bridgehead atoms. The summed E-state index contributed by atoms with van der Waals surface area (Å²) in [5.74, 6) is 0.128. The zero-order valence-corrected chi connectivity index (χ0v) is 18.7. The molecule has 168 valence electrons. The van der Waals surface area contributed by atoms with E-state index in [9.17, 15) is 9.59 Å². The van der Waals surface area contributed by atoms with Gasteiger partial charge in [-0.3, -0.25) is 9.59 Å². The monoisotopic (exact) mass is 441 g/mol. The zero-order chi connectivity index (χ0) is 23.4. The summed E-state index contributed by atoms with van der Waals surface area (Å²) in [6.07, 6.45) is 2.93. The largest absolute Gasteiger partial charge is 0.438 e. The second-order valence-corrected chi connectivity index (χ2v) is 8.34. The Bertz CT molecular complexity index is 1170. The highest BCUT2D eigenvalue weighted by Gasteiger charge is 2.28. The molecule has 0 radical (unpaired) electrons. The van der Waals surface area contributed by atoms with Crippen molar-refractivity contribution in [3.63, 3.8) is 0 Å². The Hall–Kier alpha value is -3.93. The van der Waals surface area contributed by atoms with E-state index in [2.05, 4.69) is 42.8 Å². The summed E-state index contributed by atoms with van der Waals surface area (Å²) >= 11 is 0. The smallest absolute Gasteiger partial charge is 0.254 e. The quantitative estimate of drug-likeness (QED) is 0.552. The molecule has 0 saturated carbocycles. The number of primary amides is 1. The Morgan fingerprint density at radius 2 is 1.76 bits per heavy atom. The topological polar surface area (TPSA) is 85.5 Å². The second-order valence-electron chi connectivity index (χ2n) is 8.34. The van der Waals surface area contributed by atoms with Crippen molar-refractivity contribution in [3.8, 4) is 11.6 Å². The number of hydrogen-bond donors (Lipinski definition) is 1. The maximum absolute atomic E-state index is 11.9. The van der Waals surface area contributed by atoms with Crippen LogP contribution in [0.25, 0.3) is 0 Å². The van der Waals surface area contributed by atoms with E-state index in [1.165, 1.54) is 17.2 Å². The Morgan fingerprint density at radius 3 is 2.39 bits per heavy atom. The molecule has 2 heterocycles. The van der Waals surface area contributed by atoms with Crippen LogP contribution < -0.4 is 10.5 Å². The molecule has 0 spiro atoms. The van der Waals surface area contributed by atoms with Crippen LogP contribution in [0.5, 0.6) is 11.6 Å². The van der Waals surface area contributed by atoms with Crippen LogP contribution in [0, 0.1) is 6.92 Å². The minimum atomic E-state index is -0.602. The van der Waals surface area contributed by atoms with Crippen molar-refractivity contribution in [2.45, 2.75) is 25.7 Å². The van der Waals surface area contributed by atoms with Gasteiger partial charge in [0.1, 0.15) is 11.3 Å². The lowest BCUT2D eigenvalue weighted by Crippen LogP contribution is -2.26. The molecule has 6 nitrogen and oxygen atoms in total. The Kier molecular flexibility index (Phi) is 6.54. The predicted octanol–water partition coefficient (Wildman–Crippen LogP) is 4.37. The fraction of sp³-hybridized carbons (Fsp3) is 0.222. The molecule has 33 heavy (non-hydrogen) atoms. The Morgan fingerprint density at radius 1 is 1.09 bits per heavy atom. The summed E-state index contributed by atoms with van der Waals surface area (Å²) in [5, 5.41) is 0. The molecular weight excluding hydrogens is 414 g/mol.